The minimum Gasteiger partial charge on any atom is -0.477 e. The van der Waals surface area contributed by atoms with Crippen LogP contribution in [0.1, 0.15) is 43.3 Å². The van der Waals surface area contributed by atoms with Crippen molar-refractivity contribution in [1.29, 1.82) is 0 Å². The summed E-state index contributed by atoms with van der Waals surface area (Å²) in [6, 6.07) is 1.17. The van der Waals surface area contributed by atoms with E-state index in [2.05, 4.69) is 20.7 Å². The van der Waals surface area contributed by atoms with Crippen LogP contribution in [0.2, 0.25) is 0 Å². The quantitative estimate of drug-likeness (QED) is 0.806. The van der Waals surface area contributed by atoms with Crippen LogP contribution >= 0.6 is 27.3 Å². The van der Waals surface area contributed by atoms with Crippen LogP contribution in [-0.4, -0.2) is 25.0 Å². The number of carbonyl (C=O) groups is 1. The summed E-state index contributed by atoms with van der Waals surface area (Å²) >= 11 is 3.99. The fraction of sp³-hybridized carbons (Fsp3) is 0.545. The van der Waals surface area contributed by atoms with Crippen LogP contribution in [0.3, 0.4) is 0 Å². The van der Waals surface area contributed by atoms with Crippen molar-refractivity contribution >= 4 is 43.3 Å². The lowest BCUT2D eigenvalue weighted by atomic mass is 10.0. The summed E-state index contributed by atoms with van der Waals surface area (Å²) < 4.78 is 27.4. The molecular weight excluding hydrogens is 354 g/mol. The molecule has 2 N–H and O–H groups in total. The second-order valence-electron chi connectivity index (χ2n) is 4.79. The van der Waals surface area contributed by atoms with Gasteiger partial charge in [-0.3, -0.25) is 0 Å². The van der Waals surface area contributed by atoms with Crippen LogP contribution in [0.25, 0.3) is 0 Å². The normalized spacial score (nSPS) is 12.6. The molecule has 1 aromatic heterocycles. The fourth-order valence-electron chi connectivity index (χ4n) is 1.74. The Bertz CT molecular complexity index is 578. The maximum atomic E-state index is 12.3. The molecule has 0 aliphatic heterocycles. The highest BCUT2D eigenvalue weighted by atomic mass is 79.9. The van der Waals surface area contributed by atoms with Crippen molar-refractivity contribution in [1.82, 2.24) is 4.72 Å². The van der Waals surface area contributed by atoms with Crippen molar-refractivity contribution in [3.63, 3.8) is 0 Å². The molecule has 1 heterocycles. The molecule has 108 valence electrons. The number of rotatable bonds is 6. The minimum absolute atomic E-state index is 0.0134. The Labute approximate surface area is 125 Å². The molecule has 0 amide bonds. The Morgan fingerprint density at radius 3 is 2.53 bits per heavy atom. The van der Waals surface area contributed by atoms with Gasteiger partial charge in [0, 0.05) is 5.54 Å². The van der Waals surface area contributed by atoms with E-state index in [9.17, 15) is 13.2 Å². The van der Waals surface area contributed by atoms with Crippen LogP contribution in [-0.2, 0) is 10.0 Å². The van der Waals surface area contributed by atoms with Gasteiger partial charge in [-0.2, -0.15) is 0 Å². The van der Waals surface area contributed by atoms with Crippen molar-refractivity contribution in [2.45, 2.75) is 44.0 Å². The minimum atomic E-state index is -3.73. The molecule has 0 aliphatic rings. The van der Waals surface area contributed by atoms with E-state index in [4.69, 9.17) is 5.11 Å². The highest BCUT2D eigenvalue weighted by molar-refractivity contribution is 9.11. The average Bonchev–Trinajstić information content (AvgIpc) is 2.59. The zero-order valence-electron chi connectivity index (χ0n) is 10.9. The van der Waals surface area contributed by atoms with E-state index in [1.54, 1.807) is 13.8 Å². The number of halogens is 1. The smallest absolute Gasteiger partial charge is 0.345 e. The van der Waals surface area contributed by atoms with E-state index in [1.807, 2.05) is 6.92 Å². The number of carboxylic acids is 1. The Balaban J connectivity index is 3.11. The first-order valence-electron chi connectivity index (χ1n) is 5.65. The zero-order chi connectivity index (χ0) is 14.8. The predicted octanol–water partition coefficient (Wildman–Crippen LogP) is 3.07. The maximum absolute atomic E-state index is 12.3. The molecule has 0 aliphatic carbocycles. The lowest BCUT2D eigenvalue weighted by Gasteiger charge is -2.25. The molecule has 0 saturated heterocycles. The first-order chi connectivity index (χ1) is 8.59. The van der Waals surface area contributed by atoms with E-state index in [0.717, 1.165) is 17.8 Å². The molecular formula is C11H16BrNO4S2. The van der Waals surface area contributed by atoms with Gasteiger partial charge in [0.2, 0.25) is 10.0 Å². The van der Waals surface area contributed by atoms with E-state index in [-0.39, 0.29) is 9.77 Å². The Morgan fingerprint density at radius 2 is 2.11 bits per heavy atom. The number of hydrogen-bond donors (Lipinski definition) is 2. The van der Waals surface area contributed by atoms with Gasteiger partial charge in [-0.05, 0) is 42.3 Å². The lowest BCUT2D eigenvalue weighted by Crippen LogP contribution is -2.43. The largest absolute Gasteiger partial charge is 0.477 e. The number of sulfonamides is 1. The number of aromatic carboxylic acids is 1. The summed E-state index contributed by atoms with van der Waals surface area (Å²) in [6.45, 7) is 5.57. The summed E-state index contributed by atoms with van der Waals surface area (Å²) in [4.78, 5) is 10.8. The third kappa shape index (κ3) is 4.27. The highest BCUT2D eigenvalue weighted by Crippen LogP contribution is 2.32. The molecule has 19 heavy (non-hydrogen) atoms. The number of thiophene rings is 1. The van der Waals surface area contributed by atoms with Crippen molar-refractivity contribution in [3.8, 4) is 0 Å². The summed E-state index contributed by atoms with van der Waals surface area (Å²) in [7, 11) is -3.73. The molecule has 0 saturated carbocycles. The molecule has 8 heteroatoms. The van der Waals surface area contributed by atoms with Crippen LogP contribution < -0.4 is 4.72 Å². The number of hydrogen-bond acceptors (Lipinski definition) is 4. The van der Waals surface area contributed by atoms with E-state index in [0.29, 0.717) is 10.2 Å². The van der Waals surface area contributed by atoms with E-state index >= 15 is 0 Å². The van der Waals surface area contributed by atoms with Gasteiger partial charge in [0.1, 0.15) is 9.77 Å². The van der Waals surface area contributed by atoms with Crippen molar-refractivity contribution < 1.29 is 18.3 Å². The van der Waals surface area contributed by atoms with Gasteiger partial charge >= 0.3 is 5.97 Å². The Kier molecular flexibility index (Phi) is 5.16. The van der Waals surface area contributed by atoms with Crippen molar-refractivity contribution in [2.75, 3.05) is 0 Å². The standard InChI is InChI=1S/C11H16BrNO4S2/c1-4-5-11(2,3)13-19(16,17)8-6-7(10(14)15)18-9(8)12/h6,13H,4-5H2,1-3H3,(H,14,15). The fourth-order valence-corrected chi connectivity index (χ4v) is 5.58. The van der Waals surface area contributed by atoms with Gasteiger partial charge in [0.05, 0.1) is 3.79 Å². The summed E-state index contributed by atoms with van der Waals surface area (Å²) in [5.74, 6) is -1.14. The van der Waals surface area contributed by atoms with Crippen LogP contribution in [0.4, 0.5) is 0 Å². The SMILES string of the molecule is CCCC(C)(C)NS(=O)(=O)c1cc(C(=O)O)sc1Br. The maximum Gasteiger partial charge on any atom is 0.345 e. The summed E-state index contributed by atoms with van der Waals surface area (Å²) in [5.41, 5.74) is -0.571. The molecule has 0 fully saturated rings. The van der Waals surface area contributed by atoms with Crippen LogP contribution in [0.5, 0.6) is 0 Å². The molecule has 0 spiro atoms. The number of nitrogens with one attached hydrogen (secondary N) is 1. The third-order valence-electron chi connectivity index (χ3n) is 2.44. The molecule has 1 rings (SSSR count). The molecule has 0 atom stereocenters. The first-order valence-corrected chi connectivity index (χ1v) is 8.75. The molecule has 0 radical (unpaired) electrons. The predicted molar refractivity (Wildman–Crippen MR) is 78.3 cm³/mol. The van der Waals surface area contributed by atoms with Gasteiger partial charge in [-0.25, -0.2) is 17.9 Å². The van der Waals surface area contributed by atoms with Crippen LogP contribution in [0, 0.1) is 0 Å². The monoisotopic (exact) mass is 369 g/mol. The highest BCUT2D eigenvalue weighted by Gasteiger charge is 2.29. The van der Waals surface area contributed by atoms with Crippen molar-refractivity contribution in [2.24, 2.45) is 0 Å². The molecule has 0 bridgehead atoms. The van der Waals surface area contributed by atoms with E-state index < -0.39 is 21.5 Å². The van der Waals surface area contributed by atoms with E-state index in [1.165, 1.54) is 6.07 Å². The summed E-state index contributed by atoms with van der Waals surface area (Å²) in [6.07, 6.45) is 1.54. The third-order valence-corrected chi connectivity index (χ3v) is 6.38. The number of carboxylic acid groups (broad SMARTS) is 1. The van der Waals surface area contributed by atoms with Gasteiger partial charge in [0.15, 0.2) is 0 Å². The second kappa shape index (κ2) is 5.90. The molecule has 5 nitrogen and oxygen atoms in total. The average molecular weight is 370 g/mol. The second-order valence-corrected chi connectivity index (χ2v) is 8.81. The summed E-state index contributed by atoms with van der Waals surface area (Å²) in [5, 5.41) is 8.88. The van der Waals surface area contributed by atoms with Gasteiger partial charge < -0.3 is 5.11 Å². The molecule has 0 unspecified atom stereocenters. The lowest BCUT2D eigenvalue weighted by molar-refractivity contribution is 0.0702. The van der Waals surface area contributed by atoms with Gasteiger partial charge in [-0.1, -0.05) is 13.3 Å². The van der Waals surface area contributed by atoms with Gasteiger partial charge in [-0.15, -0.1) is 11.3 Å². The topological polar surface area (TPSA) is 83.5 Å². The Hall–Kier alpha value is -0.440. The van der Waals surface area contributed by atoms with Crippen molar-refractivity contribution in [3.05, 3.63) is 14.7 Å². The zero-order valence-corrected chi connectivity index (χ0v) is 14.1. The van der Waals surface area contributed by atoms with Crippen LogP contribution in [0.15, 0.2) is 14.7 Å². The first kappa shape index (κ1) is 16.6. The van der Waals surface area contributed by atoms with Gasteiger partial charge in [0.25, 0.3) is 0 Å². The molecule has 1 aromatic rings. The molecule has 0 aromatic carbocycles. The Morgan fingerprint density at radius 1 is 1.53 bits per heavy atom.